The number of Topliss-reactive ketones (excluding diaryl/α,β-unsaturated/α-hetero) is 1. The number of carbonyl (C=O) groups excluding carboxylic acids is 3. The van der Waals surface area contributed by atoms with Crippen molar-refractivity contribution in [3.63, 3.8) is 0 Å². The van der Waals surface area contributed by atoms with Crippen LogP contribution in [0.5, 0.6) is 0 Å². The summed E-state index contributed by atoms with van der Waals surface area (Å²) >= 11 is 6.49. The molecule has 0 aromatic heterocycles. The molecular formula is C23H26ClNO5. The molecule has 30 heavy (non-hydrogen) atoms. The molecule has 3 unspecified atom stereocenters. The van der Waals surface area contributed by atoms with Gasteiger partial charge in [-0.05, 0) is 44.7 Å². The normalized spacial score (nSPS) is 23.6. The van der Waals surface area contributed by atoms with E-state index in [0.717, 1.165) is 0 Å². The molecule has 0 saturated carbocycles. The van der Waals surface area contributed by atoms with E-state index in [1.807, 2.05) is 6.92 Å². The minimum Gasteiger partial charge on any atom is -0.465 e. The van der Waals surface area contributed by atoms with Gasteiger partial charge in [0.15, 0.2) is 5.78 Å². The lowest BCUT2D eigenvalue weighted by Crippen LogP contribution is -2.43. The maximum Gasteiger partial charge on any atom is 0.336 e. The van der Waals surface area contributed by atoms with E-state index in [0.29, 0.717) is 39.5 Å². The summed E-state index contributed by atoms with van der Waals surface area (Å²) in [6, 6.07) is 7.10. The van der Waals surface area contributed by atoms with Crippen LogP contribution in [0.4, 0.5) is 0 Å². The summed E-state index contributed by atoms with van der Waals surface area (Å²) in [4.78, 5) is 39.0. The Kier molecular flexibility index (Phi) is 6.66. The predicted molar refractivity (Wildman–Crippen MR) is 113 cm³/mol. The maximum absolute atomic E-state index is 13.6. The number of rotatable bonds is 5. The van der Waals surface area contributed by atoms with Crippen LogP contribution in [0.25, 0.3) is 0 Å². The Morgan fingerprint density at radius 3 is 2.47 bits per heavy atom. The molecule has 1 N–H and O–H groups in total. The van der Waals surface area contributed by atoms with Crippen LogP contribution < -0.4 is 5.32 Å². The molecule has 1 aliphatic heterocycles. The van der Waals surface area contributed by atoms with Crippen LogP contribution in [0.2, 0.25) is 5.02 Å². The van der Waals surface area contributed by atoms with Crippen molar-refractivity contribution in [2.45, 2.75) is 40.0 Å². The van der Waals surface area contributed by atoms with Gasteiger partial charge >= 0.3 is 11.9 Å². The van der Waals surface area contributed by atoms with E-state index in [2.05, 4.69) is 5.32 Å². The van der Waals surface area contributed by atoms with Gasteiger partial charge < -0.3 is 14.8 Å². The second kappa shape index (κ2) is 9.04. The Balaban J connectivity index is 2.18. The lowest BCUT2D eigenvalue weighted by Gasteiger charge is -2.38. The van der Waals surface area contributed by atoms with Gasteiger partial charge in [-0.25, -0.2) is 4.79 Å². The molecule has 3 atom stereocenters. The molecule has 1 aromatic carbocycles. The van der Waals surface area contributed by atoms with Crippen molar-refractivity contribution < 1.29 is 23.9 Å². The summed E-state index contributed by atoms with van der Waals surface area (Å²) in [6.07, 6.45) is 0.485. The van der Waals surface area contributed by atoms with Crippen molar-refractivity contribution in [1.29, 1.82) is 0 Å². The highest BCUT2D eigenvalue weighted by molar-refractivity contribution is 6.31. The fourth-order valence-corrected chi connectivity index (χ4v) is 4.53. The Labute approximate surface area is 181 Å². The quantitative estimate of drug-likeness (QED) is 0.562. The molecule has 7 heteroatoms. The van der Waals surface area contributed by atoms with Crippen LogP contribution >= 0.6 is 11.6 Å². The second-order valence-corrected chi connectivity index (χ2v) is 7.91. The lowest BCUT2D eigenvalue weighted by atomic mass is 9.69. The highest BCUT2D eigenvalue weighted by atomic mass is 35.5. The van der Waals surface area contributed by atoms with E-state index >= 15 is 0 Å². The first-order valence-corrected chi connectivity index (χ1v) is 10.5. The molecule has 0 radical (unpaired) electrons. The zero-order valence-corrected chi connectivity index (χ0v) is 18.3. The molecular weight excluding hydrogens is 406 g/mol. The molecule has 1 heterocycles. The third-order valence-electron chi connectivity index (χ3n) is 5.54. The molecule has 0 saturated heterocycles. The number of carbonyl (C=O) groups is 3. The Morgan fingerprint density at radius 2 is 1.83 bits per heavy atom. The summed E-state index contributed by atoms with van der Waals surface area (Å²) in [6.45, 7) is 7.47. The van der Waals surface area contributed by atoms with Crippen molar-refractivity contribution in [3.05, 3.63) is 57.4 Å². The summed E-state index contributed by atoms with van der Waals surface area (Å²) in [7, 11) is 0. The molecule has 3 rings (SSSR count). The maximum atomic E-state index is 13.6. The standard InChI is InChI=1S/C23H26ClNO5/c1-5-29-22(27)17-12(3)11-16-20(21(17)26)19(14-9-7-8-10-15(14)24)18(13(4)25-16)23(28)30-6-2/h7-10,12,17,19,25H,5-6,11H2,1-4H3. The minimum absolute atomic E-state index is 0.195. The Morgan fingerprint density at radius 1 is 1.17 bits per heavy atom. The smallest absolute Gasteiger partial charge is 0.336 e. The largest absolute Gasteiger partial charge is 0.465 e. The minimum atomic E-state index is -0.919. The van der Waals surface area contributed by atoms with Crippen molar-refractivity contribution in [3.8, 4) is 0 Å². The van der Waals surface area contributed by atoms with E-state index in [9.17, 15) is 14.4 Å². The van der Waals surface area contributed by atoms with Gasteiger partial charge in [-0.15, -0.1) is 0 Å². The third kappa shape index (κ3) is 3.88. The monoisotopic (exact) mass is 431 g/mol. The van der Waals surface area contributed by atoms with E-state index in [-0.39, 0.29) is 24.9 Å². The van der Waals surface area contributed by atoms with Gasteiger partial charge in [-0.1, -0.05) is 36.7 Å². The van der Waals surface area contributed by atoms with E-state index in [1.54, 1.807) is 45.0 Å². The number of esters is 2. The third-order valence-corrected chi connectivity index (χ3v) is 5.88. The summed E-state index contributed by atoms with van der Waals surface area (Å²) < 4.78 is 10.5. The Hall–Kier alpha value is -2.60. The van der Waals surface area contributed by atoms with Gasteiger partial charge in [0.2, 0.25) is 0 Å². The first-order chi connectivity index (χ1) is 14.3. The van der Waals surface area contributed by atoms with Crippen LogP contribution in [0.3, 0.4) is 0 Å². The van der Waals surface area contributed by atoms with Crippen LogP contribution in [0, 0.1) is 11.8 Å². The van der Waals surface area contributed by atoms with Gasteiger partial charge in [-0.2, -0.15) is 0 Å². The van der Waals surface area contributed by atoms with E-state index < -0.39 is 23.8 Å². The molecule has 6 nitrogen and oxygen atoms in total. The zero-order valence-electron chi connectivity index (χ0n) is 17.6. The number of halogens is 1. The molecule has 160 valence electrons. The highest BCUT2D eigenvalue weighted by Crippen LogP contribution is 2.46. The van der Waals surface area contributed by atoms with Crippen LogP contribution in [-0.2, 0) is 23.9 Å². The van der Waals surface area contributed by atoms with Crippen LogP contribution in [0.1, 0.15) is 45.6 Å². The molecule has 1 aliphatic carbocycles. The topological polar surface area (TPSA) is 81.7 Å². The average molecular weight is 432 g/mol. The molecule has 2 aliphatic rings. The molecule has 0 fully saturated rings. The number of nitrogens with one attached hydrogen (secondary N) is 1. The molecule has 1 aromatic rings. The van der Waals surface area contributed by atoms with Gasteiger partial charge in [-0.3, -0.25) is 9.59 Å². The van der Waals surface area contributed by atoms with Gasteiger partial charge in [0, 0.05) is 27.9 Å². The van der Waals surface area contributed by atoms with Gasteiger partial charge in [0.05, 0.1) is 18.8 Å². The number of hydrogen-bond acceptors (Lipinski definition) is 6. The molecule has 0 amide bonds. The van der Waals surface area contributed by atoms with Gasteiger partial charge in [0.25, 0.3) is 0 Å². The van der Waals surface area contributed by atoms with E-state index in [1.165, 1.54) is 0 Å². The average Bonchev–Trinajstić information content (AvgIpc) is 2.67. The SMILES string of the molecule is CCOC(=O)C1=C(C)NC2=C(C(=O)C(C(=O)OCC)C(C)C2)C1c1ccccc1Cl. The van der Waals surface area contributed by atoms with Gasteiger partial charge in [0.1, 0.15) is 5.92 Å². The van der Waals surface area contributed by atoms with Crippen LogP contribution in [0.15, 0.2) is 46.8 Å². The second-order valence-electron chi connectivity index (χ2n) is 7.51. The van der Waals surface area contributed by atoms with Crippen molar-refractivity contribution in [1.82, 2.24) is 5.32 Å². The fraction of sp³-hybridized carbons (Fsp3) is 0.435. The number of hydrogen-bond donors (Lipinski definition) is 1. The van der Waals surface area contributed by atoms with E-state index in [4.69, 9.17) is 21.1 Å². The number of benzene rings is 1. The Bertz CT molecular complexity index is 949. The summed E-state index contributed by atoms with van der Waals surface area (Å²) in [5.74, 6) is -3.26. The van der Waals surface area contributed by atoms with Crippen LogP contribution in [-0.4, -0.2) is 30.9 Å². The highest BCUT2D eigenvalue weighted by Gasteiger charge is 2.47. The number of dihydropyridines is 1. The number of ketones is 1. The molecule has 0 spiro atoms. The summed E-state index contributed by atoms with van der Waals surface area (Å²) in [5.41, 5.74) is 2.67. The van der Waals surface area contributed by atoms with Crippen molar-refractivity contribution >= 4 is 29.3 Å². The number of ether oxygens (including phenoxy) is 2. The number of allylic oxidation sites excluding steroid dienone is 3. The van der Waals surface area contributed by atoms with Crippen molar-refractivity contribution in [2.24, 2.45) is 11.8 Å². The predicted octanol–water partition coefficient (Wildman–Crippen LogP) is 3.91. The molecule has 0 bridgehead atoms. The summed E-state index contributed by atoms with van der Waals surface area (Å²) in [5, 5.41) is 3.66. The first kappa shape index (κ1) is 22.1. The fourth-order valence-electron chi connectivity index (χ4n) is 4.29. The first-order valence-electron chi connectivity index (χ1n) is 10.1. The van der Waals surface area contributed by atoms with Crippen molar-refractivity contribution in [2.75, 3.05) is 13.2 Å². The lowest BCUT2D eigenvalue weighted by molar-refractivity contribution is -0.153. The zero-order chi connectivity index (χ0) is 22.0.